The van der Waals surface area contributed by atoms with Crippen molar-refractivity contribution in [2.75, 3.05) is 18.2 Å². The highest BCUT2D eigenvalue weighted by atomic mass is 35.5. The third-order valence-electron chi connectivity index (χ3n) is 3.92. The SMILES string of the molecule is COc1ccc(NC(=O)CSc2nc(CO)cn2Cc2ccc(Cl)cc2)cc1. The lowest BCUT2D eigenvalue weighted by Crippen LogP contribution is -2.14. The van der Waals surface area contributed by atoms with Crippen LogP contribution in [0.25, 0.3) is 0 Å². The van der Waals surface area contributed by atoms with Gasteiger partial charge in [0.2, 0.25) is 5.91 Å². The summed E-state index contributed by atoms with van der Waals surface area (Å²) in [5, 5.41) is 13.6. The van der Waals surface area contributed by atoms with Crippen molar-refractivity contribution < 1.29 is 14.6 Å². The Morgan fingerprint density at radius 1 is 1.21 bits per heavy atom. The maximum absolute atomic E-state index is 12.3. The van der Waals surface area contributed by atoms with Gasteiger partial charge >= 0.3 is 0 Å². The first-order chi connectivity index (χ1) is 13.6. The lowest BCUT2D eigenvalue weighted by molar-refractivity contribution is -0.113. The fraction of sp³-hybridized carbons (Fsp3) is 0.200. The Kier molecular flexibility index (Phi) is 6.97. The number of hydrogen-bond acceptors (Lipinski definition) is 5. The van der Waals surface area contributed by atoms with E-state index in [1.165, 1.54) is 11.8 Å². The van der Waals surface area contributed by atoms with E-state index in [1.807, 2.05) is 28.8 Å². The van der Waals surface area contributed by atoms with Crippen LogP contribution in [0.3, 0.4) is 0 Å². The fourth-order valence-electron chi connectivity index (χ4n) is 2.54. The molecule has 0 radical (unpaired) electrons. The molecule has 0 bridgehead atoms. The van der Waals surface area contributed by atoms with Crippen LogP contribution in [0.15, 0.2) is 59.9 Å². The van der Waals surface area contributed by atoms with Gasteiger partial charge < -0.3 is 19.7 Å². The Balaban J connectivity index is 1.63. The van der Waals surface area contributed by atoms with E-state index in [9.17, 15) is 9.90 Å². The number of rotatable bonds is 8. The molecule has 2 aromatic carbocycles. The van der Waals surface area contributed by atoms with Crippen LogP contribution in [-0.2, 0) is 17.9 Å². The van der Waals surface area contributed by atoms with E-state index >= 15 is 0 Å². The van der Waals surface area contributed by atoms with Gasteiger partial charge in [-0.25, -0.2) is 4.98 Å². The van der Waals surface area contributed by atoms with Crippen LogP contribution in [0.4, 0.5) is 5.69 Å². The van der Waals surface area contributed by atoms with E-state index in [0.29, 0.717) is 28.1 Å². The van der Waals surface area contributed by atoms with Crippen LogP contribution >= 0.6 is 23.4 Å². The molecule has 1 amide bonds. The third kappa shape index (κ3) is 5.51. The van der Waals surface area contributed by atoms with Crippen LogP contribution in [0, 0.1) is 0 Å². The summed E-state index contributed by atoms with van der Waals surface area (Å²) in [6.07, 6.45) is 1.79. The Bertz CT molecular complexity index is 927. The van der Waals surface area contributed by atoms with Crippen LogP contribution in [0.5, 0.6) is 5.75 Å². The Hall–Kier alpha value is -2.48. The summed E-state index contributed by atoms with van der Waals surface area (Å²) in [4.78, 5) is 16.7. The van der Waals surface area contributed by atoms with Crippen molar-refractivity contribution in [3.63, 3.8) is 0 Å². The van der Waals surface area contributed by atoms with Crippen molar-refractivity contribution in [2.24, 2.45) is 0 Å². The number of ether oxygens (including phenoxy) is 1. The number of methoxy groups -OCH3 is 1. The molecule has 0 aliphatic rings. The van der Waals surface area contributed by atoms with Gasteiger partial charge in [-0.2, -0.15) is 0 Å². The molecular weight excluding hydrogens is 398 g/mol. The van der Waals surface area contributed by atoms with Crippen molar-refractivity contribution in [1.82, 2.24) is 9.55 Å². The number of nitrogens with zero attached hydrogens (tertiary/aromatic N) is 2. The van der Waals surface area contributed by atoms with E-state index in [2.05, 4.69) is 10.3 Å². The van der Waals surface area contributed by atoms with Gasteiger partial charge in [0.05, 0.1) is 25.2 Å². The molecule has 8 heteroatoms. The fourth-order valence-corrected chi connectivity index (χ4v) is 3.47. The summed E-state index contributed by atoms with van der Waals surface area (Å²) < 4.78 is 7.02. The highest BCUT2D eigenvalue weighted by molar-refractivity contribution is 7.99. The highest BCUT2D eigenvalue weighted by Crippen LogP contribution is 2.21. The minimum Gasteiger partial charge on any atom is -0.497 e. The second-order valence-corrected chi connectivity index (χ2v) is 7.37. The van der Waals surface area contributed by atoms with Crippen molar-refractivity contribution in [1.29, 1.82) is 0 Å². The summed E-state index contributed by atoms with van der Waals surface area (Å²) >= 11 is 7.25. The van der Waals surface area contributed by atoms with Crippen molar-refractivity contribution in [3.8, 4) is 5.75 Å². The second kappa shape index (κ2) is 9.64. The first-order valence-corrected chi connectivity index (χ1v) is 9.92. The number of nitrogens with one attached hydrogen (secondary N) is 1. The molecule has 2 N–H and O–H groups in total. The molecule has 0 saturated carbocycles. The molecule has 6 nitrogen and oxygen atoms in total. The van der Waals surface area contributed by atoms with Crippen molar-refractivity contribution >= 4 is 35.0 Å². The van der Waals surface area contributed by atoms with Crippen LogP contribution in [-0.4, -0.2) is 33.4 Å². The van der Waals surface area contributed by atoms with Gasteiger partial charge in [0.15, 0.2) is 5.16 Å². The van der Waals surface area contributed by atoms with Crippen LogP contribution < -0.4 is 10.1 Å². The average Bonchev–Trinajstić information content (AvgIpc) is 3.10. The molecule has 0 aliphatic carbocycles. The molecule has 1 heterocycles. The predicted octanol–water partition coefficient (Wildman–Crippen LogP) is 3.82. The highest BCUT2D eigenvalue weighted by Gasteiger charge is 2.12. The molecule has 28 heavy (non-hydrogen) atoms. The quantitative estimate of drug-likeness (QED) is 0.545. The number of imidazole rings is 1. The summed E-state index contributed by atoms with van der Waals surface area (Å²) in [5.74, 6) is 0.795. The smallest absolute Gasteiger partial charge is 0.234 e. The van der Waals surface area contributed by atoms with Gasteiger partial charge in [-0.15, -0.1) is 0 Å². The zero-order chi connectivity index (χ0) is 19.9. The number of aliphatic hydroxyl groups is 1. The van der Waals surface area contributed by atoms with E-state index in [4.69, 9.17) is 16.3 Å². The number of aromatic nitrogens is 2. The molecule has 0 spiro atoms. The molecule has 0 unspecified atom stereocenters. The first-order valence-electron chi connectivity index (χ1n) is 8.55. The topological polar surface area (TPSA) is 76.4 Å². The molecular formula is C20H20ClN3O3S. The number of amides is 1. The van der Waals surface area contributed by atoms with Crippen molar-refractivity contribution in [3.05, 3.63) is 71.0 Å². The minimum atomic E-state index is -0.154. The van der Waals surface area contributed by atoms with E-state index < -0.39 is 0 Å². The number of carbonyl (C=O) groups is 1. The average molecular weight is 418 g/mol. The van der Waals surface area contributed by atoms with E-state index in [1.54, 1.807) is 37.6 Å². The van der Waals surface area contributed by atoms with E-state index in [-0.39, 0.29) is 18.3 Å². The van der Waals surface area contributed by atoms with Crippen LogP contribution in [0.2, 0.25) is 5.02 Å². The number of aliphatic hydroxyl groups excluding tert-OH is 1. The Morgan fingerprint density at radius 3 is 2.57 bits per heavy atom. The molecule has 0 fully saturated rings. The Labute approximate surface area is 172 Å². The minimum absolute atomic E-state index is 0.137. The number of hydrogen-bond donors (Lipinski definition) is 2. The van der Waals surface area contributed by atoms with Gasteiger partial charge in [-0.1, -0.05) is 35.5 Å². The summed E-state index contributed by atoms with van der Waals surface area (Å²) in [7, 11) is 1.59. The van der Waals surface area contributed by atoms with Gasteiger partial charge in [0, 0.05) is 23.5 Å². The molecule has 0 saturated heterocycles. The third-order valence-corrected chi connectivity index (χ3v) is 5.17. The molecule has 3 aromatic rings. The normalized spacial score (nSPS) is 10.7. The zero-order valence-corrected chi connectivity index (χ0v) is 16.8. The Morgan fingerprint density at radius 2 is 1.93 bits per heavy atom. The maximum Gasteiger partial charge on any atom is 0.234 e. The second-order valence-electron chi connectivity index (χ2n) is 5.99. The molecule has 0 aliphatic heterocycles. The van der Waals surface area contributed by atoms with Gasteiger partial charge in [0.1, 0.15) is 5.75 Å². The zero-order valence-electron chi connectivity index (χ0n) is 15.3. The number of benzene rings is 2. The number of anilines is 1. The first kappa shape index (κ1) is 20.3. The van der Waals surface area contributed by atoms with E-state index in [0.717, 1.165) is 11.3 Å². The largest absolute Gasteiger partial charge is 0.497 e. The molecule has 146 valence electrons. The predicted molar refractivity (Wildman–Crippen MR) is 111 cm³/mol. The monoisotopic (exact) mass is 417 g/mol. The maximum atomic E-state index is 12.3. The van der Waals surface area contributed by atoms with Gasteiger partial charge in [-0.05, 0) is 42.0 Å². The summed E-state index contributed by atoms with van der Waals surface area (Å²) in [6, 6.07) is 14.7. The van der Waals surface area contributed by atoms with Gasteiger partial charge in [-0.3, -0.25) is 4.79 Å². The number of carbonyl (C=O) groups excluding carboxylic acids is 1. The standard InChI is InChI=1S/C20H20ClN3O3S/c1-27-18-8-6-16(7-9-18)22-19(26)13-28-20-23-17(12-25)11-24(20)10-14-2-4-15(21)5-3-14/h2-9,11,25H,10,12-13H2,1H3,(H,22,26). The van der Waals surface area contributed by atoms with Crippen LogP contribution in [0.1, 0.15) is 11.3 Å². The lowest BCUT2D eigenvalue weighted by Gasteiger charge is -2.09. The van der Waals surface area contributed by atoms with Crippen molar-refractivity contribution in [2.45, 2.75) is 18.3 Å². The number of halogens is 1. The molecule has 1 aromatic heterocycles. The lowest BCUT2D eigenvalue weighted by atomic mass is 10.2. The van der Waals surface area contributed by atoms with Gasteiger partial charge in [0.25, 0.3) is 0 Å². The number of thioether (sulfide) groups is 1. The molecule has 0 atom stereocenters. The summed E-state index contributed by atoms with van der Waals surface area (Å²) in [5.41, 5.74) is 2.31. The molecule has 3 rings (SSSR count). The summed E-state index contributed by atoms with van der Waals surface area (Å²) in [6.45, 7) is 0.422.